The third-order valence-corrected chi connectivity index (χ3v) is 7.11. The summed E-state index contributed by atoms with van der Waals surface area (Å²) in [4.78, 5) is 0. The molecule has 0 amide bonds. The second kappa shape index (κ2) is 9.04. The molecule has 0 radical (unpaired) electrons. The molecule has 3 aliphatic heterocycles. The van der Waals surface area contributed by atoms with Gasteiger partial charge in [0, 0.05) is 29.8 Å². The summed E-state index contributed by atoms with van der Waals surface area (Å²) in [6.07, 6.45) is -0.724. The minimum absolute atomic E-state index is 0.00283. The monoisotopic (exact) mass is 445 g/mol. The van der Waals surface area contributed by atoms with Gasteiger partial charge in [0.25, 0.3) is 0 Å². The van der Waals surface area contributed by atoms with Crippen molar-refractivity contribution in [1.29, 1.82) is 0 Å². The van der Waals surface area contributed by atoms with Gasteiger partial charge in [-0.2, -0.15) is 13.2 Å². The fraction of sp³-hybridized carbons (Fsp3) is 0.520. The number of fused-ring (bicyclic) bond motifs is 3. The van der Waals surface area contributed by atoms with Gasteiger partial charge in [-0.15, -0.1) is 0 Å². The Morgan fingerprint density at radius 3 is 2.50 bits per heavy atom. The van der Waals surface area contributed by atoms with E-state index in [0.717, 1.165) is 62.6 Å². The van der Waals surface area contributed by atoms with Crippen molar-refractivity contribution in [2.75, 3.05) is 25.0 Å². The maximum atomic E-state index is 13.5. The summed E-state index contributed by atoms with van der Waals surface area (Å²) in [5, 5.41) is 10.5. The molecule has 0 aromatic heterocycles. The number of piperidine rings is 1. The molecule has 0 saturated carbocycles. The highest BCUT2D eigenvalue weighted by molar-refractivity contribution is 5.58. The van der Waals surface area contributed by atoms with Crippen LogP contribution in [0.2, 0.25) is 0 Å². The van der Waals surface area contributed by atoms with Gasteiger partial charge in [0.15, 0.2) is 0 Å². The number of ether oxygens (including phenoxy) is 1. The number of rotatable bonds is 4. The van der Waals surface area contributed by atoms with Crippen LogP contribution in [0.3, 0.4) is 0 Å². The summed E-state index contributed by atoms with van der Waals surface area (Å²) in [5.41, 5.74) is 1.89. The number of anilines is 1. The van der Waals surface area contributed by atoms with Gasteiger partial charge >= 0.3 is 6.18 Å². The molecule has 2 aromatic carbocycles. The Morgan fingerprint density at radius 1 is 0.969 bits per heavy atom. The first-order valence-corrected chi connectivity index (χ1v) is 11.6. The number of hydrogen-bond donors (Lipinski definition) is 3. The van der Waals surface area contributed by atoms with Gasteiger partial charge in [0.2, 0.25) is 0 Å². The van der Waals surface area contributed by atoms with Crippen molar-refractivity contribution >= 4 is 5.69 Å². The highest BCUT2D eigenvalue weighted by Crippen LogP contribution is 2.51. The normalized spacial score (nSPS) is 28.5. The van der Waals surface area contributed by atoms with Crippen LogP contribution in [0.5, 0.6) is 0 Å². The molecule has 2 saturated heterocycles. The van der Waals surface area contributed by atoms with Crippen molar-refractivity contribution in [3.8, 4) is 0 Å². The molecule has 3 aliphatic rings. The number of nitrogens with one attached hydrogen (secondary N) is 3. The lowest BCUT2D eigenvalue weighted by atomic mass is 9.76. The van der Waals surface area contributed by atoms with E-state index in [4.69, 9.17) is 4.74 Å². The lowest BCUT2D eigenvalue weighted by molar-refractivity contribution is -0.138. The molecule has 7 heteroatoms. The zero-order chi connectivity index (χ0) is 22.1. The molecule has 3 N–H and O–H groups in total. The predicted octanol–water partition coefficient (Wildman–Crippen LogP) is 5.05. The molecule has 0 unspecified atom stereocenters. The van der Waals surface area contributed by atoms with Gasteiger partial charge in [-0.1, -0.05) is 30.3 Å². The number of halogens is 3. The highest BCUT2D eigenvalue weighted by atomic mass is 19.4. The lowest BCUT2D eigenvalue weighted by Gasteiger charge is -2.46. The number of alkyl halides is 3. The summed E-state index contributed by atoms with van der Waals surface area (Å²) in [7, 11) is 0. The molecule has 2 fully saturated rings. The van der Waals surface area contributed by atoms with Crippen LogP contribution in [-0.4, -0.2) is 31.8 Å². The molecule has 32 heavy (non-hydrogen) atoms. The molecular weight excluding hydrogens is 415 g/mol. The average molecular weight is 446 g/mol. The molecule has 4 nitrogen and oxygen atoms in total. The third-order valence-electron chi connectivity index (χ3n) is 7.11. The van der Waals surface area contributed by atoms with E-state index in [-0.39, 0.29) is 24.2 Å². The van der Waals surface area contributed by atoms with E-state index < -0.39 is 11.7 Å². The number of hydrogen-bond acceptors (Lipinski definition) is 4. The van der Waals surface area contributed by atoms with Crippen molar-refractivity contribution in [1.82, 2.24) is 10.6 Å². The van der Waals surface area contributed by atoms with Gasteiger partial charge in [-0.05, 0) is 62.5 Å². The first-order chi connectivity index (χ1) is 15.5. The Morgan fingerprint density at radius 2 is 1.75 bits per heavy atom. The maximum absolute atomic E-state index is 13.5. The van der Waals surface area contributed by atoms with Crippen LogP contribution in [-0.2, 0) is 10.9 Å². The summed E-state index contributed by atoms with van der Waals surface area (Å²) in [6, 6.07) is 14.6. The van der Waals surface area contributed by atoms with Gasteiger partial charge in [-0.3, -0.25) is 0 Å². The third kappa shape index (κ3) is 4.51. The maximum Gasteiger partial charge on any atom is 0.416 e. The van der Waals surface area contributed by atoms with Gasteiger partial charge in [0.1, 0.15) is 0 Å². The van der Waals surface area contributed by atoms with Crippen LogP contribution in [0.25, 0.3) is 0 Å². The Kier molecular flexibility index (Phi) is 6.14. The summed E-state index contributed by atoms with van der Waals surface area (Å²) in [6.45, 7) is 2.78. The summed E-state index contributed by atoms with van der Waals surface area (Å²) < 4.78 is 46.9. The smallest absolute Gasteiger partial charge is 0.378 e. The lowest BCUT2D eigenvalue weighted by Crippen LogP contribution is -2.46. The van der Waals surface area contributed by atoms with E-state index in [1.165, 1.54) is 6.07 Å². The Hall–Kier alpha value is -2.09. The van der Waals surface area contributed by atoms with Crippen LogP contribution in [0.15, 0.2) is 48.5 Å². The van der Waals surface area contributed by atoms with E-state index in [2.05, 4.69) is 28.1 Å². The molecule has 0 bridgehead atoms. The van der Waals surface area contributed by atoms with E-state index in [9.17, 15) is 13.2 Å². The predicted molar refractivity (Wildman–Crippen MR) is 118 cm³/mol. The first-order valence-electron chi connectivity index (χ1n) is 11.6. The largest absolute Gasteiger partial charge is 0.416 e. The fourth-order valence-electron chi connectivity index (χ4n) is 5.40. The highest BCUT2D eigenvalue weighted by Gasteiger charge is 2.43. The van der Waals surface area contributed by atoms with E-state index in [1.54, 1.807) is 6.07 Å². The average Bonchev–Trinajstić information content (AvgIpc) is 2.82. The SMILES string of the molecule is FC(F)(F)c1ccc2c(c1)[C@H]1O[C@@H](CNC3CCNCC3)CC[C@H]1[C@H](c1ccccc1)N2. The van der Waals surface area contributed by atoms with Crippen LogP contribution >= 0.6 is 0 Å². The molecule has 0 spiro atoms. The second-order valence-electron chi connectivity index (χ2n) is 9.18. The second-order valence-corrected chi connectivity index (χ2v) is 9.18. The molecule has 2 aromatic rings. The Labute approximate surface area is 186 Å². The van der Waals surface area contributed by atoms with Gasteiger partial charge in [0.05, 0.1) is 23.8 Å². The Bertz CT molecular complexity index is 914. The van der Waals surface area contributed by atoms with Crippen LogP contribution in [0.4, 0.5) is 18.9 Å². The Balaban J connectivity index is 1.40. The topological polar surface area (TPSA) is 45.3 Å². The van der Waals surface area contributed by atoms with Crippen molar-refractivity contribution in [2.24, 2.45) is 5.92 Å². The van der Waals surface area contributed by atoms with Crippen LogP contribution in [0.1, 0.15) is 54.5 Å². The molecule has 172 valence electrons. The van der Waals surface area contributed by atoms with Crippen molar-refractivity contribution < 1.29 is 17.9 Å². The van der Waals surface area contributed by atoms with Crippen LogP contribution in [0, 0.1) is 5.92 Å². The van der Waals surface area contributed by atoms with E-state index >= 15 is 0 Å². The minimum Gasteiger partial charge on any atom is -0.378 e. The van der Waals surface area contributed by atoms with Crippen molar-refractivity contribution in [2.45, 2.75) is 56.2 Å². The molecule has 0 aliphatic carbocycles. The van der Waals surface area contributed by atoms with Crippen molar-refractivity contribution in [3.63, 3.8) is 0 Å². The summed E-state index contributed by atoms with van der Waals surface area (Å²) in [5.74, 6) is 0.0866. The standard InChI is InChI=1S/C25H30F3N3O/c26-25(27,28)17-6-9-22-21(14-17)24-20(23(31-22)16-4-2-1-3-5-16)8-7-19(32-24)15-30-18-10-12-29-13-11-18/h1-6,9,14,18-20,23-24,29-31H,7-8,10-13,15H2/t19-,20+,23+,24+/m1/s1. The zero-order valence-electron chi connectivity index (χ0n) is 18.0. The van der Waals surface area contributed by atoms with Gasteiger partial charge in [-0.25, -0.2) is 0 Å². The van der Waals surface area contributed by atoms with E-state index in [0.29, 0.717) is 11.6 Å². The zero-order valence-corrected chi connectivity index (χ0v) is 18.0. The van der Waals surface area contributed by atoms with Crippen molar-refractivity contribution in [3.05, 3.63) is 65.2 Å². The molecule has 4 atom stereocenters. The first kappa shape index (κ1) is 21.7. The molecule has 5 rings (SSSR count). The quantitative estimate of drug-likeness (QED) is 0.616. The molecule has 3 heterocycles. The fourth-order valence-corrected chi connectivity index (χ4v) is 5.40. The summed E-state index contributed by atoms with van der Waals surface area (Å²) >= 11 is 0. The van der Waals surface area contributed by atoms with Crippen LogP contribution < -0.4 is 16.0 Å². The molecular formula is C25H30F3N3O. The van der Waals surface area contributed by atoms with Gasteiger partial charge < -0.3 is 20.7 Å². The minimum atomic E-state index is -4.37. The number of benzene rings is 2. The van der Waals surface area contributed by atoms with E-state index in [1.807, 2.05) is 18.2 Å².